The molecule has 2 heterocycles. The van der Waals surface area contributed by atoms with Crippen LogP contribution in [0.1, 0.15) is 17.7 Å². The molecule has 2 aromatic carbocycles. The summed E-state index contributed by atoms with van der Waals surface area (Å²) in [6, 6.07) is 18.1. The molecule has 1 aromatic heterocycles. The van der Waals surface area contributed by atoms with Crippen LogP contribution in [0.3, 0.4) is 0 Å². The van der Waals surface area contributed by atoms with Gasteiger partial charge in [-0.05, 0) is 36.6 Å². The molecule has 0 unspecified atom stereocenters. The predicted molar refractivity (Wildman–Crippen MR) is 92.9 cm³/mol. The molecule has 3 aromatic rings. The second-order valence-electron chi connectivity index (χ2n) is 5.94. The fourth-order valence-corrected chi connectivity index (χ4v) is 3.24. The third-order valence-corrected chi connectivity index (χ3v) is 4.32. The number of carbonyl (C=O) groups is 1. The van der Waals surface area contributed by atoms with E-state index in [-0.39, 0.29) is 0 Å². The monoisotopic (exact) mass is 319 g/mol. The molecule has 120 valence electrons. The molecule has 1 aliphatic rings. The second kappa shape index (κ2) is 5.89. The minimum atomic E-state index is -0.906. The topological polar surface area (TPSA) is 51.5 Å². The van der Waals surface area contributed by atoms with E-state index in [1.807, 2.05) is 53.1 Å². The van der Waals surface area contributed by atoms with Crippen molar-refractivity contribution >= 4 is 22.6 Å². The number of ether oxygens (including phenoxy) is 1. The van der Waals surface area contributed by atoms with Gasteiger partial charge in [0.2, 0.25) is 0 Å². The van der Waals surface area contributed by atoms with Crippen molar-refractivity contribution in [3.05, 3.63) is 71.9 Å². The molecule has 0 spiro atoms. The van der Waals surface area contributed by atoms with Gasteiger partial charge in [0.05, 0.1) is 5.52 Å². The predicted octanol–water partition coefficient (Wildman–Crippen LogP) is 4.09. The number of aryl methyl sites for hydroxylation is 1. The minimum Gasteiger partial charge on any atom is -0.489 e. The van der Waals surface area contributed by atoms with Gasteiger partial charge in [-0.2, -0.15) is 0 Å². The third-order valence-electron chi connectivity index (χ3n) is 4.32. The maximum Gasteiger partial charge on any atom is 0.330 e. The van der Waals surface area contributed by atoms with E-state index < -0.39 is 5.97 Å². The normalized spacial score (nSPS) is 14.9. The molecule has 0 saturated carbocycles. The lowest BCUT2D eigenvalue weighted by Crippen LogP contribution is -1.98. The zero-order valence-electron chi connectivity index (χ0n) is 13.1. The average Bonchev–Trinajstić information content (AvgIpc) is 3.13. The maximum atomic E-state index is 11.0. The number of carboxylic acid groups (broad SMARTS) is 1. The van der Waals surface area contributed by atoms with Crippen LogP contribution < -0.4 is 4.74 Å². The number of hydrogen-bond acceptors (Lipinski definition) is 2. The third kappa shape index (κ3) is 2.67. The summed E-state index contributed by atoms with van der Waals surface area (Å²) in [6.07, 6.45) is 2.92. The first kappa shape index (κ1) is 14.6. The van der Waals surface area contributed by atoms with Gasteiger partial charge in [0.25, 0.3) is 0 Å². The number of aromatic nitrogens is 1. The van der Waals surface area contributed by atoms with Crippen LogP contribution in [-0.2, 0) is 17.8 Å². The molecule has 1 aliphatic heterocycles. The van der Waals surface area contributed by atoms with Crippen LogP contribution >= 0.6 is 0 Å². The van der Waals surface area contributed by atoms with Crippen LogP contribution in [0.2, 0.25) is 0 Å². The molecule has 0 aliphatic carbocycles. The Labute approximate surface area is 139 Å². The van der Waals surface area contributed by atoms with Gasteiger partial charge in [0.15, 0.2) is 0 Å². The molecule has 24 heavy (non-hydrogen) atoms. The highest BCUT2D eigenvalue weighted by Gasteiger charge is 2.20. The Morgan fingerprint density at radius 2 is 1.96 bits per heavy atom. The van der Waals surface area contributed by atoms with Crippen LogP contribution in [0.5, 0.6) is 5.75 Å². The molecule has 0 atom stereocenters. The molecule has 0 saturated heterocycles. The average molecular weight is 319 g/mol. The van der Waals surface area contributed by atoms with Crippen molar-refractivity contribution in [3.8, 4) is 5.75 Å². The largest absolute Gasteiger partial charge is 0.489 e. The number of carboxylic acids is 1. The molecule has 1 N–H and O–H groups in total. The van der Waals surface area contributed by atoms with Gasteiger partial charge in [-0.1, -0.05) is 30.3 Å². The van der Waals surface area contributed by atoms with Crippen molar-refractivity contribution in [2.24, 2.45) is 0 Å². The smallest absolute Gasteiger partial charge is 0.330 e. The number of aliphatic carboxylic acids is 1. The number of hydrogen-bond donors (Lipinski definition) is 1. The maximum absolute atomic E-state index is 11.0. The number of benzene rings is 2. The molecule has 0 bridgehead atoms. The molecule has 0 amide bonds. The van der Waals surface area contributed by atoms with Crippen molar-refractivity contribution in [1.29, 1.82) is 0 Å². The molecular formula is C20H17NO3. The second-order valence-corrected chi connectivity index (χ2v) is 5.94. The van der Waals surface area contributed by atoms with Crippen molar-refractivity contribution in [3.63, 3.8) is 0 Å². The first-order valence-electron chi connectivity index (χ1n) is 7.96. The van der Waals surface area contributed by atoms with E-state index in [0.29, 0.717) is 6.61 Å². The van der Waals surface area contributed by atoms with Crippen molar-refractivity contribution in [1.82, 2.24) is 4.57 Å². The number of nitrogens with zero attached hydrogens (tertiary/aromatic N) is 1. The Balaban J connectivity index is 1.67. The number of rotatable bonds is 4. The number of allylic oxidation sites excluding steroid dienone is 1. The van der Waals surface area contributed by atoms with E-state index in [9.17, 15) is 4.79 Å². The fourth-order valence-electron chi connectivity index (χ4n) is 3.24. The van der Waals surface area contributed by atoms with E-state index in [1.165, 1.54) is 6.08 Å². The summed E-state index contributed by atoms with van der Waals surface area (Å²) in [7, 11) is 0. The highest BCUT2D eigenvalue weighted by molar-refractivity contribution is 5.92. The lowest BCUT2D eigenvalue weighted by atomic mass is 10.2. The molecule has 4 heteroatoms. The Bertz CT molecular complexity index is 938. The van der Waals surface area contributed by atoms with Crippen LogP contribution in [-0.4, -0.2) is 15.6 Å². The zero-order valence-corrected chi connectivity index (χ0v) is 13.1. The van der Waals surface area contributed by atoms with Crippen LogP contribution in [0.15, 0.2) is 60.7 Å². The van der Waals surface area contributed by atoms with Gasteiger partial charge in [0, 0.05) is 28.9 Å². The standard InChI is InChI=1S/C20H17NO3/c22-20(23)11-17-8-7-16-10-15-6-9-18(12-19(15)21(16)17)24-13-14-4-2-1-3-5-14/h1-6,9-12H,7-8,13H2,(H,22,23). The lowest BCUT2D eigenvalue weighted by Gasteiger charge is -2.09. The van der Waals surface area contributed by atoms with Gasteiger partial charge >= 0.3 is 5.97 Å². The van der Waals surface area contributed by atoms with Gasteiger partial charge in [0.1, 0.15) is 12.4 Å². The number of fused-ring (bicyclic) bond motifs is 3. The zero-order chi connectivity index (χ0) is 16.5. The van der Waals surface area contributed by atoms with Gasteiger partial charge in [-0.25, -0.2) is 4.79 Å². The molecule has 0 fully saturated rings. The Morgan fingerprint density at radius 3 is 2.75 bits per heavy atom. The van der Waals surface area contributed by atoms with Crippen molar-refractivity contribution in [2.45, 2.75) is 19.4 Å². The molecular weight excluding hydrogens is 302 g/mol. The summed E-state index contributed by atoms with van der Waals surface area (Å²) < 4.78 is 7.94. The minimum absolute atomic E-state index is 0.512. The quantitative estimate of drug-likeness (QED) is 0.737. The summed E-state index contributed by atoms with van der Waals surface area (Å²) in [5, 5.41) is 10.2. The van der Waals surface area contributed by atoms with Crippen molar-refractivity contribution < 1.29 is 14.6 Å². The van der Waals surface area contributed by atoms with E-state index in [4.69, 9.17) is 9.84 Å². The summed E-state index contributed by atoms with van der Waals surface area (Å²) in [4.78, 5) is 11.0. The van der Waals surface area contributed by atoms with E-state index >= 15 is 0 Å². The summed E-state index contributed by atoms with van der Waals surface area (Å²) in [6.45, 7) is 0.512. The lowest BCUT2D eigenvalue weighted by molar-refractivity contribution is -0.131. The summed E-state index contributed by atoms with van der Waals surface area (Å²) in [5.41, 5.74) is 4.09. The Hall–Kier alpha value is -3.01. The highest BCUT2D eigenvalue weighted by atomic mass is 16.5. The fraction of sp³-hybridized carbons (Fsp3) is 0.150. The van der Waals surface area contributed by atoms with Crippen LogP contribution in [0, 0.1) is 0 Å². The van der Waals surface area contributed by atoms with E-state index in [1.54, 1.807) is 0 Å². The Kier molecular flexibility index (Phi) is 3.58. The Morgan fingerprint density at radius 1 is 1.12 bits per heavy atom. The SMILES string of the molecule is O=C(O)C=C1CCc2cc3ccc(OCc4ccccc4)cc3n21. The summed E-state index contributed by atoms with van der Waals surface area (Å²) >= 11 is 0. The first-order valence-corrected chi connectivity index (χ1v) is 7.96. The van der Waals surface area contributed by atoms with E-state index in [0.717, 1.165) is 46.4 Å². The molecule has 0 radical (unpaired) electrons. The highest BCUT2D eigenvalue weighted by Crippen LogP contribution is 2.34. The van der Waals surface area contributed by atoms with Gasteiger partial charge in [-0.3, -0.25) is 0 Å². The van der Waals surface area contributed by atoms with Crippen molar-refractivity contribution in [2.75, 3.05) is 0 Å². The van der Waals surface area contributed by atoms with Gasteiger partial charge in [-0.15, -0.1) is 0 Å². The first-order chi connectivity index (χ1) is 11.7. The van der Waals surface area contributed by atoms with Crippen LogP contribution in [0.25, 0.3) is 16.6 Å². The van der Waals surface area contributed by atoms with E-state index in [2.05, 4.69) is 6.07 Å². The molecule has 4 rings (SSSR count). The molecule has 4 nitrogen and oxygen atoms in total. The summed E-state index contributed by atoms with van der Waals surface area (Å²) in [5.74, 6) is -0.120. The van der Waals surface area contributed by atoms with Gasteiger partial charge < -0.3 is 14.4 Å². The van der Waals surface area contributed by atoms with Crippen LogP contribution in [0.4, 0.5) is 0 Å².